The minimum absolute atomic E-state index is 0.0729. The molecule has 1 aliphatic heterocycles. The van der Waals surface area contributed by atoms with Crippen LogP contribution in [0.4, 0.5) is 0 Å². The second kappa shape index (κ2) is 5.75. The van der Waals surface area contributed by atoms with Gasteiger partial charge in [-0.3, -0.25) is 4.79 Å². The zero-order valence-corrected chi connectivity index (χ0v) is 12.3. The molecule has 1 saturated heterocycles. The Hall–Kier alpha value is -1.69. The molecule has 0 radical (unpaired) electrons. The molecule has 0 aliphatic carbocycles. The molecule has 0 aromatic carbocycles. The third kappa shape index (κ3) is 2.60. The van der Waals surface area contributed by atoms with Crippen molar-refractivity contribution in [3.8, 4) is 0 Å². The molecule has 0 N–H and O–H groups in total. The first kappa shape index (κ1) is 13.3. The predicted octanol–water partition coefficient (Wildman–Crippen LogP) is 2.17. The van der Waals surface area contributed by atoms with Crippen molar-refractivity contribution in [3.63, 3.8) is 0 Å². The summed E-state index contributed by atoms with van der Waals surface area (Å²) in [5, 5.41) is 10.1. The molecular formula is C14H18N4OS. The summed E-state index contributed by atoms with van der Waals surface area (Å²) in [6.45, 7) is 0.821. The van der Waals surface area contributed by atoms with Crippen molar-refractivity contribution in [1.82, 2.24) is 19.7 Å². The summed E-state index contributed by atoms with van der Waals surface area (Å²) in [6, 6.07) is 4.08. The molecule has 1 aliphatic rings. The highest BCUT2D eigenvalue weighted by Gasteiger charge is 2.30. The minimum Gasteiger partial charge on any atom is -0.332 e. The van der Waals surface area contributed by atoms with Gasteiger partial charge in [0.15, 0.2) is 5.82 Å². The van der Waals surface area contributed by atoms with Crippen LogP contribution in [0.2, 0.25) is 0 Å². The number of nitrogens with zero attached hydrogens (tertiary/aromatic N) is 4. The van der Waals surface area contributed by atoms with Gasteiger partial charge >= 0.3 is 0 Å². The number of likely N-dealkylation sites (tertiary alicyclic amines) is 1. The molecule has 20 heavy (non-hydrogen) atoms. The number of carbonyl (C=O) groups excluding carboxylic acids is 1. The molecule has 1 atom stereocenters. The van der Waals surface area contributed by atoms with Gasteiger partial charge in [0, 0.05) is 18.5 Å². The number of hydrogen-bond donors (Lipinski definition) is 0. The lowest BCUT2D eigenvalue weighted by molar-refractivity contribution is -0.134. The van der Waals surface area contributed by atoms with Crippen LogP contribution in [0.5, 0.6) is 0 Å². The van der Waals surface area contributed by atoms with Crippen molar-refractivity contribution in [3.05, 3.63) is 34.5 Å². The number of hydrogen-bond acceptors (Lipinski definition) is 4. The summed E-state index contributed by atoms with van der Waals surface area (Å²) in [7, 11) is 1.94. The summed E-state index contributed by atoms with van der Waals surface area (Å²) in [5.41, 5.74) is 0. The zero-order chi connectivity index (χ0) is 13.9. The fourth-order valence-corrected chi connectivity index (χ4v) is 3.45. The highest BCUT2D eigenvalue weighted by molar-refractivity contribution is 7.10. The number of aryl methyl sites for hydroxylation is 1. The predicted molar refractivity (Wildman–Crippen MR) is 77.3 cm³/mol. The molecule has 1 amide bonds. The van der Waals surface area contributed by atoms with Gasteiger partial charge in [0.25, 0.3) is 0 Å². The average molecular weight is 290 g/mol. The maximum Gasteiger partial charge on any atom is 0.228 e. The Morgan fingerprint density at radius 2 is 2.40 bits per heavy atom. The molecule has 1 unspecified atom stereocenters. The van der Waals surface area contributed by atoms with Crippen LogP contribution in [0.15, 0.2) is 23.8 Å². The lowest BCUT2D eigenvalue weighted by atomic mass is 10.0. The first-order valence-corrected chi connectivity index (χ1v) is 7.79. The zero-order valence-electron chi connectivity index (χ0n) is 11.5. The second-order valence-electron chi connectivity index (χ2n) is 5.15. The van der Waals surface area contributed by atoms with E-state index in [2.05, 4.69) is 10.2 Å². The molecule has 3 heterocycles. The topological polar surface area (TPSA) is 51.0 Å². The molecule has 6 heteroatoms. The lowest BCUT2D eigenvalue weighted by Crippen LogP contribution is -2.40. The Morgan fingerprint density at radius 1 is 1.50 bits per heavy atom. The van der Waals surface area contributed by atoms with E-state index in [-0.39, 0.29) is 11.9 Å². The molecule has 0 bridgehead atoms. The highest BCUT2D eigenvalue weighted by atomic mass is 32.1. The first-order chi connectivity index (χ1) is 9.75. The summed E-state index contributed by atoms with van der Waals surface area (Å²) in [4.78, 5) is 15.7. The van der Waals surface area contributed by atoms with E-state index in [0.717, 1.165) is 36.5 Å². The van der Waals surface area contributed by atoms with Crippen molar-refractivity contribution >= 4 is 17.2 Å². The van der Waals surface area contributed by atoms with E-state index in [1.54, 1.807) is 17.7 Å². The van der Waals surface area contributed by atoms with E-state index < -0.39 is 0 Å². The van der Waals surface area contributed by atoms with Crippen molar-refractivity contribution in [2.75, 3.05) is 6.54 Å². The van der Waals surface area contributed by atoms with Gasteiger partial charge in [0.1, 0.15) is 6.33 Å². The second-order valence-corrected chi connectivity index (χ2v) is 6.19. The van der Waals surface area contributed by atoms with Crippen LogP contribution >= 0.6 is 11.3 Å². The van der Waals surface area contributed by atoms with Crippen molar-refractivity contribution < 1.29 is 4.79 Å². The van der Waals surface area contributed by atoms with Crippen LogP contribution in [0.1, 0.15) is 36.0 Å². The Balaban J connectivity index is 1.78. The van der Waals surface area contributed by atoms with E-state index in [4.69, 9.17) is 0 Å². The maximum absolute atomic E-state index is 12.6. The monoisotopic (exact) mass is 290 g/mol. The van der Waals surface area contributed by atoms with E-state index >= 15 is 0 Å². The van der Waals surface area contributed by atoms with Crippen molar-refractivity contribution in [1.29, 1.82) is 0 Å². The van der Waals surface area contributed by atoms with Gasteiger partial charge in [-0.1, -0.05) is 6.07 Å². The molecule has 2 aromatic heterocycles. The Bertz CT molecular complexity index is 578. The Labute approximate surface area is 122 Å². The molecule has 0 spiro atoms. The summed E-state index contributed by atoms with van der Waals surface area (Å²) in [6.07, 6.45) is 5.38. The van der Waals surface area contributed by atoms with Crippen LogP contribution in [0, 0.1) is 0 Å². The molecule has 1 fully saturated rings. The lowest BCUT2D eigenvalue weighted by Gasteiger charge is -2.35. The van der Waals surface area contributed by atoms with Crippen molar-refractivity contribution in [2.24, 2.45) is 7.05 Å². The smallest absolute Gasteiger partial charge is 0.228 e. The molecule has 0 saturated carbocycles. The summed E-state index contributed by atoms with van der Waals surface area (Å²) < 4.78 is 1.92. The van der Waals surface area contributed by atoms with Crippen LogP contribution in [-0.2, 0) is 18.3 Å². The van der Waals surface area contributed by atoms with E-state index in [1.807, 2.05) is 34.0 Å². The molecule has 3 rings (SSSR count). The molecule has 5 nitrogen and oxygen atoms in total. The number of rotatable bonds is 3. The average Bonchev–Trinajstić information content (AvgIpc) is 3.10. The number of thiophene rings is 1. The van der Waals surface area contributed by atoms with Gasteiger partial charge in [-0.25, -0.2) is 0 Å². The SMILES string of the molecule is Cn1cnnc1C1CCCCN1C(=O)Cc1cccs1. The minimum atomic E-state index is 0.0729. The van der Waals surface area contributed by atoms with Gasteiger partial charge < -0.3 is 9.47 Å². The quantitative estimate of drug-likeness (QED) is 0.870. The van der Waals surface area contributed by atoms with Crippen LogP contribution in [-0.4, -0.2) is 32.1 Å². The van der Waals surface area contributed by atoms with Gasteiger partial charge in [0.2, 0.25) is 5.91 Å². The first-order valence-electron chi connectivity index (χ1n) is 6.91. The summed E-state index contributed by atoms with van der Waals surface area (Å²) in [5.74, 6) is 1.09. The largest absolute Gasteiger partial charge is 0.332 e. The number of piperidine rings is 1. The maximum atomic E-state index is 12.6. The number of aromatic nitrogens is 3. The highest BCUT2D eigenvalue weighted by Crippen LogP contribution is 2.30. The Kier molecular flexibility index (Phi) is 3.82. The normalized spacial score (nSPS) is 19.2. The standard InChI is InChI=1S/C14H18N4OS/c1-17-10-15-16-14(17)12-6-2-3-7-18(12)13(19)9-11-5-4-8-20-11/h4-5,8,10,12H,2-3,6-7,9H2,1H3. The molecular weight excluding hydrogens is 272 g/mol. The molecule has 106 valence electrons. The number of carbonyl (C=O) groups is 1. The third-order valence-electron chi connectivity index (χ3n) is 3.77. The van der Waals surface area contributed by atoms with E-state index in [9.17, 15) is 4.79 Å². The van der Waals surface area contributed by atoms with Crippen LogP contribution in [0.3, 0.4) is 0 Å². The fourth-order valence-electron chi connectivity index (χ4n) is 2.76. The van der Waals surface area contributed by atoms with Crippen LogP contribution in [0.25, 0.3) is 0 Å². The van der Waals surface area contributed by atoms with Crippen molar-refractivity contribution in [2.45, 2.75) is 31.7 Å². The van der Waals surface area contributed by atoms with Gasteiger partial charge in [0.05, 0.1) is 12.5 Å². The Morgan fingerprint density at radius 3 is 3.10 bits per heavy atom. The third-order valence-corrected chi connectivity index (χ3v) is 4.65. The van der Waals surface area contributed by atoms with Gasteiger partial charge in [-0.05, 0) is 30.7 Å². The fraction of sp³-hybridized carbons (Fsp3) is 0.500. The number of amides is 1. The molecule has 2 aromatic rings. The van der Waals surface area contributed by atoms with E-state index in [1.165, 1.54) is 0 Å². The van der Waals surface area contributed by atoms with Gasteiger partial charge in [-0.2, -0.15) is 0 Å². The van der Waals surface area contributed by atoms with Gasteiger partial charge in [-0.15, -0.1) is 21.5 Å². The van der Waals surface area contributed by atoms with E-state index in [0.29, 0.717) is 6.42 Å². The van der Waals surface area contributed by atoms with Crippen LogP contribution < -0.4 is 0 Å². The summed E-state index contributed by atoms with van der Waals surface area (Å²) >= 11 is 1.64.